The van der Waals surface area contributed by atoms with E-state index in [1.807, 2.05) is 24.3 Å². The first-order valence-electron chi connectivity index (χ1n) is 7.74. The third kappa shape index (κ3) is 4.24. The highest BCUT2D eigenvalue weighted by Gasteiger charge is 2.25. The van der Waals surface area contributed by atoms with Gasteiger partial charge in [0.2, 0.25) is 10.0 Å². The fourth-order valence-corrected chi connectivity index (χ4v) is 3.80. The molecule has 0 unspecified atom stereocenters. The maximum absolute atomic E-state index is 12.9. The zero-order valence-corrected chi connectivity index (χ0v) is 15.7. The summed E-state index contributed by atoms with van der Waals surface area (Å²) >= 11 is 0. The van der Waals surface area contributed by atoms with E-state index in [2.05, 4.69) is 0 Å². The summed E-state index contributed by atoms with van der Waals surface area (Å²) in [6.07, 6.45) is 0.534. The quantitative estimate of drug-likeness (QED) is 0.719. The van der Waals surface area contributed by atoms with Crippen LogP contribution in [0.25, 0.3) is 0 Å². The van der Waals surface area contributed by atoms with E-state index in [0.29, 0.717) is 18.7 Å². The molecule has 0 spiro atoms. The second-order valence-corrected chi connectivity index (χ2v) is 7.42. The van der Waals surface area contributed by atoms with Crippen molar-refractivity contribution in [2.24, 2.45) is 0 Å². The number of sulfonamides is 1. The van der Waals surface area contributed by atoms with Crippen LogP contribution in [0.3, 0.4) is 0 Å². The summed E-state index contributed by atoms with van der Waals surface area (Å²) in [7, 11) is 2.36. The second kappa shape index (κ2) is 8.22. The fraction of sp³-hybridized carbons (Fsp3) is 0.333. The van der Waals surface area contributed by atoms with Gasteiger partial charge in [0.15, 0.2) is 0 Å². The molecule has 0 aliphatic carbocycles. The van der Waals surface area contributed by atoms with Gasteiger partial charge in [-0.25, -0.2) is 12.7 Å². The van der Waals surface area contributed by atoms with Crippen LogP contribution < -0.4 is 14.2 Å². The van der Waals surface area contributed by atoms with Crippen LogP contribution in [0.1, 0.15) is 5.56 Å². The Labute approximate surface area is 149 Å². The van der Waals surface area contributed by atoms with Crippen molar-refractivity contribution in [2.45, 2.75) is 11.3 Å². The smallest absolute Gasteiger partial charge is 0.246 e. The van der Waals surface area contributed by atoms with Crippen LogP contribution in [0.2, 0.25) is 0 Å². The molecule has 0 aliphatic heterocycles. The van der Waals surface area contributed by atoms with E-state index in [1.165, 1.54) is 24.6 Å². The van der Waals surface area contributed by atoms with E-state index >= 15 is 0 Å². The van der Waals surface area contributed by atoms with Crippen molar-refractivity contribution >= 4 is 10.0 Å². The number of nitrogens with zero attached hydrogens (tertiary/aromatic N) is 1. The largest absolute Gasteiger partial charge is 0.497 e. The first-order chi connectivity index (χ1) is 11.9. The number of ether oxygens (including phenoxy) is 3. The lowest BCUT2D eigenvalue weighted by atomic mass is 10.1. The molecule has 25 heavy (non-hydrogen) atoms. The van der Waals surface area contributed by atoms with Crippen molar-refractivity contribution in [1.29, 1.82) is 0 Å². The number of hydrogen-bond acceptors (Lipinski definition) is 5. The molecule has 136 valence electrons. The Morgan fingerprint density at radius 3 is 2.24 bits per heavy atom. The Morgan fingerprint density at radius 1 is 0.920 bits per heavy atom. The van der Waals surface area contributed by atoms with Crippen molar-refractivity contribution in [1.82, 2.24) is 4.31 Å². The number of para-hydroxylation sites is 1. The molecule has 0 heterocycles. The lowest BCUT2D eigenvalue weighted by Crippen LogP contribution is -2.29. The molecule has 0 saturated carbocycles. The first-order valence-corrected chi connectivity index (χ1v) is 9.18. The van der Waals surface area contributed by atoms with Crippen molar-refractivity contribution in [3.8, 4) is 17.2 Å². The van der Waals surface area contributed by atoms with Crippen LogP contribution in [0.5, 0.6) is 17.2 Å². The Kier molecular flexibility index (Phi) is 6.27. The van der Waals surface area contributed by atoms with Crippen LogP contribution in [0, 0.1) is 0 Å². The van der Waals surface area contributed by atoms with Gasteiger partial charge in [-0.1, -0.05) is 18.2 Å². The minimum Gasteiger partial charge on any atom is -0.497 e. The zero-order valence-electron chi connectivity index (χ0n) is 14.9. The summed E-state index contributed by atoms with van der Waals surface area (Å²) in [6, 6.07) is 12.3. The van der Waals surface area contributed by atoms with E-state index in [1.54, 1.807) is 26.3 Å². The lowest BCUT2D eigenvalue weighted by Gasteiger charge is -2.20. The van der Waals surface area contributed by atoms with Crippen LogP contribution in [-0.4, -0.2) is 47.6 Å². The second-order valence-electron chi connectivity index (χ2n) is 5.41. The maximum Gasteiger partial charge on any atom is 0.246 e. The fourth-order valence-electron chi connectivity index (χ4n) is 2.46. The molecule has 0 bridgehead atoms. The molecule has 6 nitrogen and oxygen atoms in total. The molecule has 2 rings (SSSR count). The summed E-state index contributed by atoms with van der Waals surface area (Å²) < 4.78 is 42.8. The van der Waals surface area contributed by atoms with Crippen LogP contribution >= 0.6 is 0 Å². The third-order valence-corrected chi connectivity index (χ3v) is 5.83. The number of hydrogen-bond donors (Lipinski definition) is 0. The van der Waals surface area contributed by atoms with E-state index in [9.17, 15) is 8.42 Å². The van der Waals surface area contributed by atoms with Crippen molar-refractivity contribution in [2.75, 3.05) is 34.9 Å². The van der Waals surface area contributed by atoms with Gasteiger partial charge >= 0.3 is 0 Å². The molecule has 0 aromatic heterocycles. The zero-order chi connectivity index (χ0) is 18.4. The standard InChI is InChI=1S/C18H23NO5S/c1-19(12-11-14-7-5-6-8-16(14)23-3)25(20,21)18-13-15(22-2)9-10-17(18)24-4/h5-10,13H,11-12H2,1-4H3. The number of rotatable bonds is 8. The summed E-state index contributed by atoms with van der Waals surface area (Å²) in [5.41, 5.74) is 0.949. The topological polar surface area (TPSA) is 65.1 Å². The Balaban J connectivity index is 2.24. The first kappa shape index (κ1) is 19.1. The van der Waals surface area contributed by atoms with Gasteiger partial charge in [0.25, 0.3) is 0 Å². The minimum absolute atomic E-state index is 0.0804. The van der Waals surface area contributed by atoms with Crippen molar-refractivity contribution in [3.05, 3.63) is 48.0 Å². The average molecular weight is 365 g/mol. The highest BCUT2D eigenvalue weighted by Crippen LogP contribution is 2.30. The van der Waals surface area contributed by atoms with Crippen LogP contribution in [0.15, 0.2) is 47.4 Å². The predicted molar refractivity (Wildman–Crippen MR) is 96.1 cm³/mol. The minimum atomic E-state index is -3.72. The Hall–Kier alpha value is -2.25. The van der Waals surface area contributed by atoms with E-state index in [-0.39, 0.29) is 10.6 Å². The third-order valence-electron chi connectivity index (χ3n) is 3.95. The van der Waals surface area contributed by atoms with Gasteiger partial charge in [0.05, 0.1) is 21.3 Å². The maximum atomic E-state index is 12.9. The molecule has 0 aliphatic rings. The molecule has 0 amide bonds. The predicted octanol–water partition coefficient (Wildman–Crippen LogP) is 2.58. The van der Waals surface area contributed by atoms with Gasteiger partial charge in [-0.3, -0.25) is 0 Å². The molecule has 0 N–H and O–H groups in total. The van der Waals surface area contributed by atoms with Crippen molar-refractivity contribution in [3.63, 3.8) is 0 Å². The molecular formula is C18H23NO5S. The number of likely N-dealkylation sites (N-methyl/N-ethyl adjacent to an activating group) is 1. The van der Waals surface area contributed by atoms with Gasteiger partial charge in [-0.15, -0.1) is 0 Å². The molecule has 0 fully saturated rings. The van der Waals surface area contributed by atoms with E-state index in [4.69, 9.17) is 14.2 Å². The Morgan fingerprint density at radius 2 is 1.60 bits per heavy atom. The van der Waals surface area contributed by atoms with Gasteiger partial charge in [-0.2, -0.15) is 0 Å². The molecule has 2 aromatic carbocycles. The highest BCUT2D eigenvalue weighted by molar-refractivity contribution is 7.89. The molecule has 0 radical (unpaired) electrons. The van der Waals surface area contributed by atoms with Gasteiger partial charge in [0, 0.05) is 19.7 Å². The molecule has 2 aromatic rings. The van der Waals surface area contributed by atoms with Crippen LogP contribution in [0.4, 0.5) is 0 Å². The number of benzene rings is 2. The average Bonchev–Trinajstić information content (AvgIpc) is 2.65. The van der Waals surface area contributed by atoms with Crippen LogP contribution in [-0.2, 0) is 16.4 Å². The molecular weight excluding hydrogens is 342 g/mol. The molecule has 0 atom stereocenters. The van der Waals surface area contributed by atoms with Crippen molar-refractivity contribution < 1.29 is 22.6 Å². The number of methoxy groups -OCH3 is 3. The van der Waals surface area contributed by atoms with Gasteiger partial charge in [-0.05, 0) is 30.2 Å². The van der Waals surface area contributed by atoms with E-state index in [0.717, 1.165) is 11.3 Å². The Bertz CT molecular complexity index is 820. The highest BCUT2D eigenvalue weighted by atomic mass is 32.2. The van der Waals surface area contributed by atoms with Gasteiger partial charge < -0.3 is 14.2 Å². The summed E-state index contributed by atoms with van der Waals surface area (Å²) in [4.78, 5) is 0.0804. The summed E-state index contributed by atoms with van der Waals surface area (Å²) in [5.74, 6) is 1.48. The normalized spacial score (nSPS) is 11.4. The SMILES string of the molecule is COc1ccc(OC)c(S(=O)(=O)N(C)CCc2ccccc2OC)c1. The van der Waals surface area contributed by atoms with E-state index < -0.39 is 10.0 Å². The monoisotopic (exact) mass is 365 g/mol. The molecule has 7 heteroatoms. The summed E-state index contributed by atoms with van der Waals surface area (Å²) in [6.45, 7) is 0.309. The lowest BCUT2D eigenvalue weighted by molar-refractivity contribution is 0.387. The van der Waals surface area contributed by atoms with Gasteiger partial charge in [0.1, 0.15) is 22.1 Å². The molecule has 0 saturated heterocycles. The summed E-state index contributed by atoms with van der Waals surface area (Å²) in [5, 5.41) is 0.